The minimum atomic E-state index is -4.36. The number of anilines is 3. The van der Waals surface area contributed by atoms with Gasteiger partial charge in [-0.1, -0.05) is 0 Å². The monoisotopic (exact) mass is 379 g/mol. The first-order valence-corrected chi connectivity index (χ1v) is 8.70. The van der Waals surface area contributed by atoms with Crippen LogP contribution in [0, 0.1) is 0 Å². The van der Waals surface area contributed by atoms with Crippen molar-refractivity contribution in [2.24, 2.45) is 0 Å². The summed E-state index contributed by atoms with van der Waals surface area (Å²) < 4.78 is 37.8. The Hall–Kier alpha value is -2.84. The molecule has 1 amide bonds. The Bertz CT molecular complexity index is 779. The fourth-order valence-electron chi connectivity index (χ4n) is 2.84. The number of alkyl halides is 3. The molecule has 0 saturated carbocycles. The number of benzene rings is 1. The first-order chi connectivity index (χ1) is 12.9. The molecule has 2 aromatic rings. The number of halogens is 3. The Balaban J connectivity index is 1.50. The molecule has 3 rings (SSSR count). The van der Waals surface area contributed by atoms with Gasteiger partial charge in [0.2, 0.25) is 5.91 Å². The van der Waals surface area contributed by atoms with Gasteiger partial charge < -0.3 is 15.5 Å². The molecule has 0 atom stereocenters. The molecule has 0 aliphatic carbocycles. The van der Waals surface area contributed by atoms with E-state index in [2.05, 4.69) is 20.6 Å². The average Bonchev–Trinajstić information content (AvgIpc) is 3.04. The lowest BCUT2D eigenvalue weighted by Gasteiger charge is -2.15. The summed E-state index contributed by atoms with van der Waals surface area (Å²) in [4.78, 5) is 21.6. The zero-order valence-electron chi connectivity index (χ0n) is 14.6. The summed E-state index contributed by atoms with van der Waals surface area (Å²) in [6.07, 6.45) is -0.615. The number of likely N-dealkylation sites (tertiary alicyclic amines) is 1. The largest absolute Gasteiger partial charge is 0.416 e. The van der Waals surface area contributed by atoms with Crippen LogP contribution >= 0.6 is 0 Å². The third-order valence-corrected chi connectivity index (χ3v) is 4.23. The predicted octanol–water partition coefficient (Wildman–Crippen LogP) is 3.66. The van der Waals surface area contributed by atoms with E-state index in [1.165, 1.54) is 18.5 Å². The van der Waals surface area contributed by atoms with Crippen LogP contribution in [0.15, 0.2) is 36.7 Å². The van der Waals surface area contributed by atoms with E-state index in [1.54, 1.807) is 6.07 Å². The van der Waals surface area contributed by atoms with E-state index in [0.717, 1.165) is 31.5 Å². The van der Waals surface area contributed by atoms with Gasteiger partial charge in [0.05, 0.1) is 5.56 Å². The van der Waals surface area contributed by atoms with Gasteiger partial charge in [0.15, 0.2) is 0 Å². The highest BCUT2D eigenvalue weighted by Crippen LogP contribution is 2.30. The fraction of sp³-hybridized carbons (Fsp3) is 0.389. The van der Waals surface area contributed by atoms with Crippen molar-refractivity contribution in [2.45, 2.75) is 25.4 Å². The van der Waals surface area contributed by atoms with Crippen LogP contribution in [0.2, 0.25) is 0 Å². The van der Waals surface area contributed by atoms with Gasteiger partial charge in [0, 0.05) is 37.8 Å². The van der Waals surface area contributed by atoms with Crippen molar-refractivity contribution in [2.75, 3.05) is 30.3 Å². The van der Waals surface area contributed by atoms with E-state index >= 15 is 0 Å². The predicted molar refractivity (Wildman–Crippen MR) is 95.7 cm³/mol. The first kappa shape index (κ1) is 18.9. The number of aromatic nitrogens is 2. The number of hydrogen-bond donors (Lipinski definition) is 2. The normalized spacial score (nSPS) is 14.5. The minimum absolute atomic E-state index is 0.208. The van der Waals surface area contributed by atoms with Crippen LogP contribution in [0.25, 0.3) is 0 Å². The average molecular weight is 379 g/mol. The van der Waals surface area contributed by atoms with Crippen molar-refractivity contribution < 1.29 is 18.0 Å². The van der Waals surface area contributed by atoms with Crippen LogP contribution in [0.1, 0.15) is 24.8 Å². The molecule has 0 unspecified atom stereocenters. The molecular formula is C18H20F3N5O. The maximum Gasteiger partial charge on any atom is 0.416 e. The van der Waals surface area contributed by atoms with Crippen molar-refractivity contribution in [3.63, 3.8) is 0 Å². The first-order valence-electron chi connectivity index (χ1n) is 8.70. The molecule has 144 valence electrons. The lowest BCUT2D eigenvalue weighted by molar-refractivity contribution is -0.137. The van der Waals surface area contributed by atoms with Crippen molar-refractivity contribution in [3.8, 4) is 0 Å². The van der Waals surface area contributed by atoms with Gasteiger partial charge >= 0.3 is 6.18 Å². The topological polar surface area (TPSA) is 70.2 Å². The zero-order chi connectivity index (χ0) is 19.3. The highest BCUT2D eigenvalue weighted by atomic mass is 19.4. The quantitative estimate of drug-likeness (QED) is 0.719. The third-order valence-electron chi connectivity index (χ3n) is 4.23. The Morgan fingerprint density at radius 1 is 1.11 bits per heavy atom. The molecule has 27 heavy (non-hydrogen) atoms. The van der Waals surface area contributed by atoms with E-state index in [4.69, 9.17) is 0 Å². The summed E-state index contributed by atoms with van der Waals surface area (Å²) in [5, 5.41) is 6.11. The molecule has 1 aliphatic heterocycles. The minimum Gasteiger partial charge on any atom is -0.370 e. The molecular weight excluding hydrogens is 359 g/mol. The van der Waals surface area contributed by atoms with Crippen LogP contribution in [-0.4, -0.2) is 40.4 Å². The second-order valence-electron chi connectivity index (χ2n) is 6.25. The summed E-state index contributed by atoms with van der Waals surface area (Å²) in [6.45, 7) is 2.20. The molecule has 1 aliphatic rings. The van der Waals surface area contributed by atoms with Gasteiger partial charge in [0.25, 0.3) is 0 Å². The van der Waals surface area contributed by atoms with Gasteiger partial charge in [-0.15, -0.1) is 0 Å². The summed E-state index contributed by atoms with van der Waals surface area (Å²) in [7, 11) is 0. The standard InChI is InChI=1S/C18H20F3N5O/c19-18(20,21)13-4-6-14(7-5-13)25-16-11-15(23-12-24-16)22-8-2-10-26-9-1-3-17(26)27/h4-7,11-12H,1-3,8-10H2,(H2,22,23,24,25). The van der Waals surface area contributed by atoms with Crippen molar-refractivity contribution in [1.82, 2.24) is 14.9 Å². The molecule has 2 heterocycles. The summed E-state index contributed by atoms with van der Waals surface area (Å²) >= 11 is 0. The zero-order valence-corrected chi connectivity index (χ0v) is 14.6. The highest BCUT2D eigenvalue weighted by molar-refractivity contribution is 5.78. The lowest BCUT2D eigenvalue weighted by Crippen LogP contribution is -2.27. The Labute approximate surface area is 154 Å². The third kappa shape index (κ3) is 5.32. The van der Waals surface area contributed by atoms with Crippen LogP contribution < -0.4 is 10.6 Å². The van der Waals surface area contributed by atoms with E-state index in [0.29, 0.717) is 36.8 Å². The lowest BCUT2D eigenvalue weighted by atomic mass is 10.2. The van der Waals surface area contributed by atoms with E-state index < -0.39 is 11.7 Å². The highest BCUT2D eigenvalue weighted by Gasteiger charge is 2.29. The van der Waals surface area contributed by atoms with Gasteiger partial charge in [-0.25, -0.2) is 9.97 Å². The van der Waals surface area contributed by atoms with Gasteiger partial charge in [-0.3, -0.25) is 4.79 Å². The number of carbonyl (C=O) groups excluding carboxylic acids is 1. The maximum atomic E-state index is 12.6. The van der Waals surface area contributed by atoms with Gasteiger partial charge in [-0.2, -0.15) is 13.2 Å². The maximum absolute atomic E-state index is 12.6. The number of nitrogens with one attached hydrogen (secondary N) is 2. The number of rotatable bonds is 7. The second kappa shape index (κ2) is 8.24. The van der Waals surface area contributed by atoms with Gasteiger partial charge in [0.1, 0.15) is 18.0 Å². The van der Waals surface area contributed by atoms with Crippen molar-refractivity contribution in [3.05, 3.63) is 42.2 Å². The molecule has 2 N–H and O–H groups in total. The Kier molecular flexibility index (Phi) is 5.78. The molecule has 0 spiro atoms. The molecule has 6 nitrogen and oxygen atoms in total. The molecule has 1 saturated heterocycles. The fourth-order valence-corrected chi connectivity index (χ4v) is 2.84. The SMILES string of the molecule is O=C1CCCN1CCCNc1cc(Nc2ccc(C(F)(F)F)cc2)ncn1. The molecule has 1 aromatic carbocycles. The Morgan fingerprint density at radius 3 is 2.52 bits per heavy atom. The summed E-state index contributed by atoms with van der Waals surface area (Å²) in [5.74, 6) is 1.29. The van der Waals surface area contributed by atoms with E-state index in [9.17, 15) is 18.0 Å². The van der Waals surface area contributed by atoms with Crippen molar-refractivity contribution in [1.29, 1.82) is 0 Å². The second-order valence-corrected chi connectivity index (χ2v) is 6.25. The number of carbonyl (C=O) groups is 1. The Morgan fingerprint density at radius 2 is 1.85 bits per heavy atom. The molecule has 1 fully saturated rings. The molecule has 1 aromatic heterocycles. The number of nitrogens with zero attached hydrogens (tertiary/aromatic N) is 3. The number of amides is 1. The number of hydrogen-bond acceptors (Lipinski definition) is 5. The van der Waals surface area contributed by atoms with Gasteiger partial charge in [-0.05, 0) is 37.1 Å². The van der Waals surface area contributed by atoms with Crippen LogP contribution in [0.5, 0.6) is 0 Å². The van der Waals surface area contributed by atoms with Crippen LogP contribution in [-0.2, 0) is 11.0 Å². The smallest absolute Gasteiger partial charge is 0.370 e. The summed E-state index contributed by atoms with van der Waals surface area (Å²) in [5.41, 5.74) is -0.199. The van der Waals surface area contributed by atoms with Crippen LogP contribution in [0.3, 0.4) is 0 Å². The summed E-state index contributed by atoms with van der Waals surface area (Å²) in [6, 6.07) is 6.42. The van der Waals surface area contributed by atoms with E-state index in [-0.39, 0.29) is 5.91 Å². The molecule has 0 radical (unpaired) electrons. The molecule has 0 bridgehead atoms. The molecule has 9 heteroatoms. The van der Waals surface area contributed by atoms with Crippen molar-refractivity contribution >= 4 is 23.2 Å². The van der Waals surface area contributed by atoms with Crippen LogP contribution in [0.4, 0.5) is 30.5 Å². The van der Waals surface area contributed by atoms with E-state index in [1.807, 2.05) is 4.90 Å².